The Hall–Kier alpha value is -3.37. The van der Waals surface area contributed by atoms with Crippen molar-refractivity contribution in [3.05, 3.63) is 76.0 Å². The van der Waals surface area contributed by atoms with Crippen LogP contribution in [0.4, 0.5) is 13.2 Å². The average Bonchev–Trinajstić information content (AvgIpc) is 3.30. The van der Waals surface area contributed by atoms with E-state index in [1.54, 1.807) is 20.0 Å². The molecule has 10 heteroatoms. The summed E-state index contributed by atoms with van der Waals surface area (Å²) >= 11 is 0. The zero-order valence-electron chi connectivity index (χ0n) is 22.4. The number of allylic oxidation sites excluding steroid dienone is 1. The molecule has 1 aliphatic heterocycles. The number of hydrogen-bond acceptors (Lipinski definition) is 6. The molecule has 1 fully saturated rings. The molecule has 1 atom stereocenters. The molecular formula is C29H32F3N5O2. The Bertz CT molecular complexity index is 1410. The van der Waals surface area contributed by atoms with Crippen LogP contribution >= 0.6 is 0 Å². The lowest BCUT2D eigenvalue weighted by molar-refractivity contribution is -0.137. The summed E-state index contributed by atoms with van der Waals surface area (Å²) in [5.41, 5.74) is 4.51. The summed E-state index contributed by atoms with van der Waals surface area (Å²) in [6.45, 7) is 8.87. The van der Waals surface area contributed by atoms with E-state index in [9.17, 15) is 18.0 Å². The SMILES string of the molecule is Cc1cc(CC(=O)c2cnn(-c3ncc(C(F)(F)F)cc3C)c2C)cnc1C1=CCC(N2CCOCC2)CC1. The van der Waals surface area contributed by atoms with E-state index >= 15 is 0 Å². The number of nitrogens with zero attached hydrogens (tertiary/aromatic N) is 5. The predicted octanol–water partition coefficient (Wildman–Crippen LogP) is 5.30. The second-order valence-electron chi connectivity index (χ2n) is 10.3. The number of rotatable bonds is 6. The maximum Gasteiger partial charge on any atom is 0.417 e. The first-order valence-electron chi connectivity index (χ1n) is 13.2. The molecule has 0 N–H and O–H groups in total. The lowest BCUT2D eigenvalue weighted by Gasteiger charge is -2.36. The van der Waals surface area contributed by atoms with E-state index in [0.29, 0.717) is 22.9 Å². The van der Waals surface area contributed by atoms with Crippen molar-refractivity contribution in [2.45, 2.75) is 58.7 Å². The van der Waals surface area contributed by atoms with Gasteiger partial charge in [-0.05, 0) is 68.4 Å². The number of pyridine rings is 2. The summed E-state index contributed by atoms with van der Waals surface area (Å²) in [6, 6.07) is 3.60. The number of carbonyl (C=O) groups excluding carboxylic acids is 1. The van der Waals surface area contributed by atoms with Crippen molar-refractivity contribution in [3.8, 4) is 5.82 Å². The highest BCUT2D eigenvalue weighted by atomic mass is 19.4. The Kier molecular flexibility index (Phi) is 7.68. The van der Waals surface area contributed by atoms with E-state index in [1.807, 2.05) is 13.0 Å². The zero-order chi connectivity index (χ0) is 27.7. The first-order valence-corrected chi connectivity index (χ1v) is 13.2. The van der Waals surface area contributed by atoms with E-state index in [-0.39, 0.29) is 18.0 Å². The molecule has 7 nitrogen and oxygen atoms in total. The molecule has 0 spiro atoms. The molecule has 206 valence electrons. The topological polar surface area (TPSA) is 73.1 Å². The molecule has 1 saturated heterocycles. The number of hydrogen-bond donors (Lipinski definition) is 0. The Morgan fingerprint density at radius 1 is 1.05 bits per heavy atom. The zero-order valence-corrected chi connectivity index (χ0v) is 22.4. The molecule has 2 aliphatic rings. The molecule has 5 rings (SSSR count). The van der Waals surface area contributed by atoms with Gasteiger partial charge in [-0.3, -0.25) is 14.7 Å². The maximum absolute atomic E-state index is 13.2. The van der Waals surface area contributed by atoms with Crippen molar-refractivity contribution in [1.29, 1.82) is 0 Å². The van der Waals surface area contributed by atoms with Crippen LogP contribution in [0.2, 0.25) is 0 Å². The molecule has 0 amide bonds. The highest BCUT2D eigenvalue weighted by molar-refractivity contribution is 5.98. The third-order valence-corrected chi connectivity index (χ3v) is 7.64. The van der Waals surface area contributed by atoms with Gasteiger partial charge in [0.05, 0.1) is 41.9 Å². The van der Waals surface area contributed by atoms with Crippen molar-refractivity contribution in [1.82, 2.24) is 24.6 Å². The molecule has 39 heavy (non-hydrogen) atoms. The van der Waals surface area contributed by atoms with Gasteiger partial charge >= 0.3 is 6.18 Å². The number of ether oxygens (including phenoxy) is 1. The largest absolute Gasteiger partial charge is 0.417 e. The summed E-state index contributed by atoms with van der Waals surface area (Å²) in [7, 11) is 0. The Morgan fingerprint density at radius 2 is 1.82 bits per heavy atom. The van der Waals surface area contributed by atoms with Crippen LogP contribution in [0.1, 0.15) is 63.3 Å². The molecule has 1 unspecified atom stereocenters. The van der Waals surface area contributed by atoms with E-state index < -0.39 is 11.7 Å². The van der Waals surface area contributed by atoms with E-state index in [1.165, 1.54) is 16.5 Å². The minimum absolute atomic E-state index is 0.137. The Balaban J connectivity index is 1.27. The molecule has 0 aromatic carbocycles. The van der Waals surface area contributed by atoms with Gasteiger partial charge in [-0.25, -0.2) is 9.67 Å². The lowest BCUT2D eigenvalue weighted by atomic mass is 9.90. The maximum atomic E-state index is 13.2. The predicted molar refractivity (Wildman–Crippen MR) is 141 cm³/mol. The number of halogens is 3. The number of morpholine rings is 1. The standard InChI is InChI=1S/C29H32F3N5O2/c1-18-12-21(15-33-27(18)22-4-6-24(7-5-22)36-8-10-39-11-9-36)14-26(38)25-17-35-37(20(25)3)28-19(2)13-23(16-34-28)29(30,31)32/h4,12-13,15-17,24H,5-11,14H2,1-3H3. The van der Waals surface area contributed by atoms with Gasteiger partial charge in [0.2, 0.25) is 0 Å². The molecule has 0 radical (unpaired) electrons. The number of aromatic nitrogens is 4. The summed E-state index contributed by atoms with van der Waals surface area (Å²) in [5.74, 6) is 0.125. The lowest BCUT2D eigenvalue weighted by Crippen LogP contribution is -2.43. The van der Waals surface area contributed by atoms with Crippen molar-refractivity contribution >= 4 is 11.4 Å². The molecular weight excluding hydrogens is 507 g/mol. The molecule has 3 aromatic heterocycles. The number of alkyl halides is 3. The number of Topliss-reactive ketones (excluding diaryl/α,β-unsaturated/α-hetero) is 1. The summed E-state index contributed by atoms with van der Waals surface area (Å²) < 4.78 is 46.0. The van der Waals surface area contributed by atoms with Gasteiger partial charge in [0.25, 0.3) is 0 Å². The summed E-state index contributed by atoms with van der Waals surface area (Å²) in [5, 5.41) is 4.25. The molecule has 3 aromatic rings. The van der Waals surface area contributed by atoms with Crippen molar-refractivity contribution < 1.29 is 22.7 Å². The Morgan fingerprint density at radius 3 is 2.46 bits per heavy atom. The van der Waals surface area contributed by atoms with Crippen LogP contribution in [-0.2, 0) is 17.3 Å². The fraction of sp³-hybridized carbons (Fsp3) is 0.448. The van der Waals surface area contributed by atoms with Gasteiger partial charge in [-0.2, -0.15) is 18.3 Å². The van der Waals surface area contributed by atoms with E-state index in [2.05, 4.69) is 21.1 Å². The van der Waals surface area contributed by atoms with Gasteiger partial charge < -0.3 is 4.74 Å². The van der Waals surface area contributed by atoms with Crippen LogP contribution in [0.15, 0.2) is 36.8 Å². The third kappa shape index (κ3) is 5.81. The quantitative estimate of drug-likeness (QED) is 0.396. The Labute approximate surface area is 225 Å². The monoisotopic (exact) mass is 539 g/mol. The van der Waals surface area contributed by atoms with Crippen LogP contribution in [0.5, 0.6) is 0 Å². The van der Waals surface area contributed by atoms with Crippen LogP contribution in [0.25, 0.3) is 11.4 Å². The van der Waals surface area contributed by atoms with E-state index in [4.69, 9.17) is 9.72 Å². The average molecular weight is 540 g/mol. The second-order valence-corrected chi connectivity index (χ2v) is 10.3. The summed E-state index contributed by atoms with van der Waals surface area (Å²) in [4.78, 5) is 24.4. The molecule has 4 heterocycles. The van der Waals surface area contributed by atoms with Crippen LogP contribution in [0.3, 0.4) is 0 Å². The highest BCUT2D eigenvalue weighted by Crippen LogP contribution is 2.32. The summed E-state index contributed by atoms with van der Waals surface area (Å²) in [6.07, 6.45) is 5.06. The minimum atomic E-state index is -4.48. The van der Waals surface area contributed by atoms with Crippen LogP contribution in [0, 0.1) is 20.8 Å². The van der Waals surface area contributed by atoms with Gasteiger partial charge in [-0.1, -0.05) is 12.1 Å². The van der Waals surface area contributed by atoms with Gasteiger partial charge in [-0.15, -0.1) is 0 Å². The van der Waals surface area contributed by atoms with Crippen LogP contribution in [-0.4, -0.2) is 62.8 Å². The van der Waals surface area contributed by atoms with Crippen molar-refractivity contribution in [2.24, 2.45) is 0 Å². The number of ketones is 1. The fourth-order valence-electron chi connectivity index (χ4n) is 5.50. The third-order valence-electron chi connectivity index (χ3n) is 7.64. The fourth-order valence-corrected chi connectivity index (χ4v) is 5.50. The second kappa shape index (κ2) is 11.0. The molecule has 0 saturated carbocycles. The van der Waals surface area contributed by atoms with Gasteiger partial charge in [0.1, 0.15) is 0 Å². The number of carbonyl (C=O) groups is 1. The molecule has 1 aliphatic carbocycles. The normalized spacial score (nSPS) is 18.7. The van der Waals surface area contributed by atoms with Crippen molar-refractivity contribution in [2.75, 3.05) is 26.3 Å². The van der Waals surface area contributed by atoms with Gasteiger partial charge in [0.15, 0.2) is 11.6 Å². The van der Waals surface area contributed by atoms with Crippen molar-refractivity contribution in [3.63, 3.8) is 0 Å². The van der Waals surface area contributed by atoms with Gasteiger partial charge in [0, 0.05) is 37.9 Å². The first-order chi connectivity index (χ1) is 18.6. The first kappa shape index (κ1) is 27.2. The highest BCUT2D eigenvalue weighted by Gasteiger charge is 2.32. The number of aryl methyl sites for hydroxylation is 2. The van der Waals surface area contributed by atoms with E-state index in [0.717, 1.165) is 74.6 Å². The smallest absolute Gasteiger partial charge is 0.379 e. The minimum Gasteiger partial charge on any atom is -0.379 e. The molecule has 0 bridgehead atoms. The van der Waals surface area contributed by atoms with Crippen LogP contribution < -0.4 is 0 Å².